The van der Waals surface area contributed by atoms with Gasteiger partial charge in [0.25, 0.3) is 0 Å². The molecule has 142 valence electrons. The summed E-state index contributed by atoms with van der Waals surface area (Å²) in [5, 5.41) is 0. The molecule has 1 aliphatic carbocycles. The summed E-state index contributed by atoms with van der Waals surface area (Å²) >= 11 is 0. The lowest BCUT2D eigenvalue weighted by molar-refractivity contribution is -0.133. The zero-order valence-electron chi connectivity index (χ0n) is 15.3. The van der Waals surface area contributed by atoms with Crippen LogP contribution in [0.5, 0.6) is 0 Å². The van der Waals surface area contributed by atoms with Gasteiger partial charge in [0, 0.05) is 56.7 Å². The van der Waals surface area contributed by atoms with Crippen molar-refractivity contribution >= 4 is 11.7 Å². The zero-order chi connectivity index (χ0) is 18.6. The Balaban J connectivity index is 1.33. The summed E-state index contributed by atoms with van der Waals surface area (Å²) in [6, 6.07) is 6.98. The van der Waals surface area contributed by atoms with E-state index in [1.807, 2.05) is 11.0 Å². The second kappa shape index (κ2) is 8.00. The summed E-state index contributed by atoms with van der Waals surface area (Å²) < 4.78 is 14.0. The molecule has 1 aromatic carbocycles. The van der Waals surface area contributed by atoms with Crippen molar-refractivity contribution in [2.24, 2.45) is 0 Å². The fourth-order valence-corrected chi connectivity index (χ4v) is 3.49. The molecule has 0 spiro atoms. The Morgan fingerprint density at radius 1 is 1.15 bits per heavy atom. The first kappa shape index (κ1) is 17.9. The van der Waals surface area contributed by atoms with Gasteiger partial charge >= 0.3 is 0 Å². The van der Waals surface area contributed by atoms with Crippen molar-refractivity contribution < 1.29 is 9.18 Å². The van der Waals surface area contributed by atoms with E-state index < -0.39 is 0 Å². The summed E-state index contributed by atoms with van der Waals surface area (Å²) in [6.45, 7) is 4.00. The summed E-state index contributed by atoms with van der Waals surface area (Å²) in [6.07, 6.45) is 7.16. The molecule has 0 atom stereocenters. The molecular formula is C20H24FN5O. The molecule has 2 heterocycles. The third-order valence-electron chi connectivity index (χ3n) is 5.21. The third-order valence-corrected chi connectivity index (χ3v) is 5.21. The van der Waals surface area contributed by atoms with Crippen molar-refractivity contribution in [3.05, 3.63) is 54.2 Å². The molecule has 2 fully saturated rings. The maximum Gasteiger partial charge on any atom is 0.237 e. The molecule has 1 amide bonds. The van der Waals surface area contributed by atoms with Crippen LogP contribution in [0.15, 0.2) is 42.9 Å². The minimum Gasteiger partial charge on any atom is -0.353 e. The molecule has 4 rings (SSSR count). The monoisotopic (exact) mass is 369 g/mol. The number of piperazine rings is 1. The molecule has 1 saturated carbocycles. The number of anilines is 1. The maximum absolute atomic E-state index is 14.0. The van der Waals surface area contributed by atoms with Crippen molar-refractivity contribution in [1.82, 2.24) is 19.8 Å². The lowest BCUT2D eigenvalue weighted by atomic mass is 10.2. The van der Waals surface area contributed by atoms with Gasteiger partial charge in [0.2, 0.25) is 5.91 Å². The Hall–Kier alpha value is -2.54. The van der Waals surface area contributed by atoms with E-state index in [4.69, 9.17) is 0 Å². The molecule has 0 N–H and O–H groups in total. The fraction of sp³-hybridized carbons (Fsp3) is 0.450. The molecule has 0 radical (unpaired) electrons. The fourth-order valence-electron chi connectivity index (χ4n) is 3.49. The minimum absolute atomic E-state index is 0.0914. The molecular weight excluding hydrogens is 345 g/mol. The van der Waals surface area contributed by atoms with Crippen LogP contribution in [0, 0.1) is 5.82 Å². The zero-order valence-corrected chi connectivity index (χ0v) is 15.3. The second-order valence-corrected chi connectivity index (χ2v) is 7.17. The van der Waals surface area contributed by atoms with Crippen molar-refractivity contribution in [2.75, 3.05) is 37.6 Å². The summed E-state index contributed by atoms with van der Waals surface area (Å²) in [7, 11) is 0. The van der Waals surface area contributed by atoms with Crippen LogP contribution in [0.4, 0.5) is 10.2 Å². The Labute approximate surface area is 158 Å². The third kappa shape index (κ3) is 4.42. The standard InChI is InChI=1S/C20H24FN5O/c21-18-4-2-1-3-16(18)14-26(17-5-6-17)20(27)15-24-9-11-25(12-10-24)19-13-22-7-8-23-19/h1-4,7-8,13,17H,5-6,9-12,14-15H2. The van der Waals surface area contributed by atoms with Gasteiger partial charge in [0.05, 0.1) is 12.7 Å². The molecule has 6 nitrogen and oxygen atoms in total. The minimum atomic E-state index is -0.242. The van der Waals surface area contributed by atoms with Crippen molar-refractivity contribution in [2.45, 2.75) is 25.4 Å². The van der Waals surface area contributed by atoms with Crippen LogP contribution < -0.4 is 4.90 Å². The highest BCUT2D eigenvalue weighted by Crippen LogP contribution is 2.29. The number of amides is 1. The molecule has 1 saturated heterocycles. The van der Waals surface area contributed by atoms with Crippen LogP contribution >= 0.6 is 0 Å². The Morgan fingerprint density at radius 3 is 2.59 bits per heavy atom. The van der Waals surface area contributed by atoms with Gasteiger partial charge in [-0.2, -0.15) is 0 Å². The molecule has 0 unspecified atom stereocenters. The molecule has 0 bridgehead atoms. The van der Waals surface area contributed by atoms with Crippen molar-refractivity contribution in [1.29, 1.82) is 0 Å². The van der Waals surface area contributed by atoms with E-state index in [9.17, 15) is 9.18 Å². The molecule has 27 heavy (non-hydrogen) atoms. The van der Waals surface area contributed by atoms with E-state index in [-0.39, 0.29) is 17.8 Å². The number of nitrogens with zero attached hydrogens (tertiary/aromatic N) is 5. The molecule has 2 aromatic rings. The predicted octanol–water partition coefficient (Wildman–Crippen LogP) is 1.93. The summed E-state index contributed by atoms with van der Waals surface area (Å²) in [5.41, 5.74) is 0.588. The molecule has 2 aliphatic rings. The topological polar surface area (TPSA) is 52.6 Å². The SMILES string of the molecule is O=C(CN1CCN(c2cnccn2)CC1)N(Cc1ccccc1F)C1CC1. The normalized spacial score (nSPS) is 17.7. The van der Waals surface area contributed by atoms with Gasteiger partial charge in [0.1, 0.15) is 11.6 Å². The van der Waals surface area contributed by atoms with Crippen molar-refractivity contribution in [3.63, 3.8) is 0 Å². The van der Waals surface area contributed by atoms with E-state index >= 15 is 0 Å². The van der Waals surface area contributed by atoms with Crippen LogP contribution in [0.2, 0.25) is 0 Å². The Kier molecular flexibility index (Phi) is 5.29. The lowest BCUT2D eigenvalue weighted by Gasteiger charge is -2.36. The number of halogens is 1. The van der Waals surface area contributed by atoms with E-state index in [1.165, 1.54) is 6.07 Å². The Bertz CT molecular complexity index is 775. The average Bonchev–Trinajstić information content (AvgIpc) is 3.53. The van der Waals surface area contributed by atoms with Gasteiger partial charge in [-0.15, -0.1) is 0 Å². The van der Waals surface area contributed by atoms with Crippen LogP contribution in [0.25, 0.3) is 0 Å². The Morgan fingerprint density at radius 2 is 1.93 bits per heavy atom. The number of aromatic nitrogens is 2. The van der Waals surface area contributed by atoms with Crippen LogP contribution in [-0.2, 0) is 11.3 Å². The van der Waals surface area contributed by atoms with E-state index in [2.05, 4.69) is 19.8 Å². The first-order valence-corrected chi connectivity index (χ1v) is 9.47. The lowest BCUT2D eigenvalue weighted by Crippen LogP contribution is -2.50. The quantitative estimate of drug-likeness (QED) is 0.779. The number of benzene rings is 1. The highest BCUT2D eigenvalue weighted by molar-refractivity contribution is 5.79. The second-order valence-electron chi connectivity index (χ2n) is 7.17. The van der Waals surface area contributed by atoms with Crippen LogP contribution in [0.3, 0.4) is 0 Å². The van der Waals surface area contributed by atoms with Gasteiger partial charge in [-0.25, -0.2) is 9.37 Å². The summed E-state index contributed by atoms with van der Waals surface area (Å²) in [5.74, 6) is 0.727. The molecule has 1 aromatic heterocycles. The van der Waals surface area contributed by atoms with Gasteiger partial charge in [-0.05, 0) is 18.9 Å². The highest BCUT2D eigenvalue weighted by Gasteiger charge is 2.34. The number of hydrogen-bond acceptors (Lipinski definition) is 5. The number of carbonyl (C=O) groups excluding carboxylic acids is 1. The number of hydrogen-bond donors (Lipinski definition) is 0. The maximum atomic E-state index is 14.0. The average molecular weight is 369 g/mol. The number of rotatable bonds is 6. The first-order valence-electron chi connectivity index (χ1n) is 9.47. The first-order chi connectivity index (χ1) is 13.2. The number of carbonyl (C=O) groups is 1. The van der Waals surface area contributed by atoms with E-state index in [0.717, 1.165) is 44.8 Å². The van der Waals surface area contributed by atoms with Crippen molar-refractivity contribution in [3.8, 4) is 0 Å². The smallest absolute Gasteiger partial charge is 0.237 e. The van der Waals surface area contributed by atoms with Gasteiger partial charge in [0.15, 0.2) is 0 Å². The highest BCUT2D eigenvalue weighted by atomic mass is 19.1. The molecule has 1 aliphatic heterocycles. The summed E-state index contributed by atoms with van der Waals surface area (Å²) in [4.78, 5) is 27.6. The largest absolute Gasteiger partial charge is 0.353 e. The van der Waals surface area contributed by atoms with Gasteiger partial charge < -0.3 is 9.80 Å². The van der Waals surface area contributed by atoms with Gasteiger partial charge in [-0.1, -0.05) is 18.2 Å². The van der Waals surface area contributed by atoms with E-state index in [0.29, 0.717) is 18.7 Å². The molecule has 7 heteroatoms. The van der Waals surface area contributed by atoms with E-state index in [1.54, 1.807) is 30.7 Å². The van der Waals surface area contributed by atoms with Gasteiger partial charge in [-0.3, -0.25) is 14.7 Å². The van der Waals surface area contributed by atoms with Crippen LogP contribution in [0.1, 0.15) is 18.4 Å². The predicted molar refractivity (Wildman–Crippen MR) is 101 cm³/mol. The van der Waals surface area contributed by atoms with Crippen LogP contribution in [-0.4, -0.2) is 64.4 Å².